The summed E-state index contributed by atoms with van der Waals surface area (Å²) in [6.07, 6.45) is 5.45. The Balaban J connectivity index is 2.04. The first-order chi connectivity index (χ1) is 8.83. The van der Waals surface area contributed by atoms with Crippen molar-refractivity contribution in [2.75, 3.05) is 5.73 Å². The number of imidazole rings is 1. The summed E-state index contributed by atoms with van der Waals surface area (Å²) in [6, 6.07) is 9.99. The third-order valence-electron chi connectivity index (χ3n) is 2.56. The zero-order valence-corrected chi connectivity index (χ0v) is 9.54. The highest BCUT2D eigenvalue weighted by molar-refractivity contribution is 5.84. The van der Waals surface area contributed by atoms with E-state index in [0.717, 1.165) is 16.8 Å². The molecule has 0 spiro atoms. The van der Waals surface area contributed by atoms with Gasteiger partial charge < -0.3 is 10.7 Å². The Morgan fingerprint density at radius 2 is 1.89 bits per heavy atom. The Morgan fingerprint density at radius 3 is 2.72 bits per heavy atom. The van der Waals surface area contributed by atoms with Gasteiger partial charge in [-0.25, -0.2) is 9.97 Å². The second-order valence-electron chi connectivity index (χ2n) is 3.81. The van der Waals surface area contributed by atoms with Crippen LogP contribution in [0.25, 0.3) is 23.3 Å². The molecule has 2 heterocycles. The molecule has 3 N–H and O–H groups in total. The van der Waals surface area contributed by atoms with Crippen molar-refractivity contribution in [2.45, 2.75) is 0 Å². The minimum Gasteiger partial charge on any atom is -0.368 e. The highest BCUT2D eigenvalue weighted by atomic mass is 15.1. The molecule has 0 aliphatic heterocycles. The highest BCUT2D eigenvalue weighted by Gasteiger charge is 2.05. The minimum atomic E-state index is 0.224. The summed E-state index contributed by atoms with van der Waals surface area (Å²) in [5.41, 5.74) is 8.84. The van der Waals surface area contributed by atoms with Gasteiger partial charge in [0, 0.05) is 0 Å². The van der Waals surface area contributed by atoms with E-state index in [1.54, 1.807) is 6.33 Å². The molecule has 5 heteroatoms. The van der Waals surface area contributed by atoms with Crippen LogP contribution in [-0.2, 0) is 0 Å². The van der Waals surface area contributed by atoms with E-state index in [2.05, 4.69) is 19.9 Å². The number of aromatic amines is 1. The molecule has 0 bridgehead atoms. The number of hydrogen-bond acceptors (Lipinski definition) is 4. The summed E-state index contributed by atoms with van der Waals surface area (Å²) in [6.45, 7) is 0. The molecule has 0 radical (unpaired) electrons. The zero-order valence-electron chi connectivity index (χ0n) is 9.54. The van der Waals surface area contributed by atoms with Crippen LogP contribution in [0.5, 0.6) is 0 Å². The van der Waals surface area contributed by atoms with E-state index in [4.69, 9.17) is 5.73 Å². The summed E-state index contributed by atoms with van der Waals surface area (Å²) >= 11 is 0. The molecule has 2 aromatic heterocycles. The Labute approximate surface area is 103 Å². The average Bonchev–Trinajstić information content (AvgIpc) is 2.85. The second-order valence-corrected chi connectivity index (χ2v) is 3.81. The van der Waals surface area contributed by atoms with Crippen molar-refractivity contribution in [1.29, 1.82) is 0 Å². The van der Waals surface area contributed by atoms with E-state index in [9.17, 15) is 0 Å². The van der Waals surface area contributed by atoms with Gasteiger partial charge in [0.15, 0.2) is 5.65 Å². The number of nitrogens with zero attached hydrogens (tertiary/aromatic N) is 3. The predicted molar refractivity (Wildman–Crippen MR) is 71.5 cm³/mol. The van der Waals surface area contributed by atoms with Crippen LogP contribution in [-0.4, -0.2) is 19.9 Å². The molecule has 0 aliphatic rings. The number of anilines is 1. The molecule has 5 nitrogen and oxygen atoms in total. The predicted octanol–water partition coefficient (Wildman–Crippen LogP) is 2.11. The molecule has 3 aromatic rings. The van der Waals surface area contributed by atoms with E-state index in [1.165, 1.54) is 0 Å². The largest absolute Gasteiger partial charge is 0.368 e. The van der Waals surface area contributed by atoms with Crippen molar-refractivity contribution in [3.8, 4) is 0 Å². The van der Waals surface area contributed by atoms with Gasteiger partial charge in [-0.05, 0) is 11.6 Å². The molecule has 0 amide bonds. The van der Waals surface area contributed by atoms with Gasteiger partial charge in [0.05, 0.1) is 12.0 Å². The lowest BCUT2D eigenvalue weighted by molar-refractivity contribution is 1.20. The molecular formula is C13H11N5. The average molecular weight is 237 g/mol. The van der Waals surface area contributed by atoms with E-state index in [-0.39, 0.29) is 5.95 Å². The standard InChI is InChI=1S/C13H11N5/c14-13-17-10(11-12(18-13)16-8-15-11)7-6-9-4-2-1-3-5-9/h1-8H,(H3,14,15,16,17,18)/b7-6+. The van der Waals surface area contributed by atoms with Gasteiger partial charge >= 0.3 is 0 Å². The number of hydrogen-bond donors (Lipinski definition) is 2. The lowest BCUT2D eigenvalue weighted by atomic mass is 10.2. The Bertz CT molecular complexity index is 700. The quantitative estimate of drug-likeness (QED) is 0.715. The number of benzene rings is 1. The van der Waals surface area contributed by atoms with Gasteiger partial charge in [-0.3, -0.25) is 0 Å². The Kier molecular flexibility index (Phi) is 2.49. The molecule has 0 aliphatic carbocycles. The smallest absolute Gasteiger partial charge is 0.222 e. The van der Waals surface area contributed by atoms with Crippen LogP contribution >= 0.6 is 0 Å². The van der Waals surface area contributed by atoms with Crippen LogP contribution in [0, 0.1) is 0 Å². The summed E-state index contributed by atoms with van der Waals surface area (Å²) < 4.78 is 0. The lowest BCUT2D eigenvalue weighted by Gasteiger charge is -1.97. The van der Waals surface area contributed by atoms with Crippen LogP contribution in [0.2, 0.25) is 0 Å². The fraction of sp³-hybridized carbons (Fsp3) is 0. The number of H-pyrrole nitrogens is 1. The van der Waals surface area contributed by atoms with Crippen molar-refractivity contribution in [3.63, 3.8) is 0 Å². The number of aromatic nitrogens is 4. The number of fused-ring (bicyclic) bond motifs is 1. The Hall–Kier alpha value is -2.69. The first-order valence-electron chi connectivity index (χ1n) is 5.52. The number of nitrogens with two attached hydrogens (primary N) is 1. The highest BCUT2D eigenvalue weighted by Crippen LogP contribution is 2.15. The lowest BCUT2D eigenvalue weighted by Crippen LogP contribution is -1.97. The molecule has 0 saturated carbocycles. The summed E-state index contributed by atoms with van der Waals surface area (Å²) in [5.74, 6) is 0.224. The monoisotopic (exact) mass is 237 g/mol. The van der Waals surface area contributed by atoms with E-state index in [1.807, 2.05) is 42.5 Å². The van der Waals surface area contributed by atoms with E-state index < -0.39 is 0 Å². The van der Waals surface area contributed by atoms with Crippen LogP contribution in [0.15, 0.2) is 36.7 Å². The first-order valence-corrected chi connectivity index (χ1v) is 5.52. The van der Waals surface area contributed by atoms with Crippen LogP contribution < -0.4 is 5.73 Å². The summed E-state index contributed by atoms with van der Waals surface area (Å²) in [5, 5.41) is 0. The number of rotatable bonds is 2. The molecular weight excluding hydrogens is 226 g/mol. The molecule has 88 valence electrons. The van der Waals surface area contributed by atoms with Gasteiger partial charge in [-0.2, -0.15) is 4.98 Å². The van der Waals surface area contributed by atoms with Gasteiger partial charge in [-0.15, -0.1) is 0 Å². The fourth-order valence-corrected chi connectivity index (χ4v) is 1.73. The van der Waals surface area contributed by atoms with Crippen molar-refractivity contribution in [2.24, 2.45) is 0 Å². The third kappa shape index (κ3) is 1.93. The zero-order chi connectivity index (χ0) is 12.4. The molecule has 0 fully saturated rings. The SMILES string of the molecule is Nc1nc(/C=C/c2ccccc2)c2[nH]cnc2n1. The van der Waals surface area contributed by atoms with E-state index in [0.29, 0.717) is 5.65 Å². The van der Waals surface area contributed by atoms with Crippen LogP contribution in [0.4, 0.5) is 5.95 Å². The number of nitrogen functional groups attached to an aromatic ring is 1. The van der Waals surface area contributed by atoms with Crippen molar-refractivity contribution in [3.05, 3.63) is 47.9 Å². The van der Waals surface area contributed by atoms with Crippen LogP contribution in [0.3, 0.4) is 0 Å². The molecule has 3 rings (SSSR count). The van der Waals surface area contributed by atoms with Crippen molar-refractivity contribution < 1.29 is 0 Å². The molecule has 0 saturated heterocycles. The Morgan fingerprint density at radius 1 is 1.06 bits per heavy atom. The summed E-state index contributed by atoms with van der Waals surface area (Å²) in [7, 11) is 0. The van der Waals surface area contributed by atoms with Gasteiger partial charge in [0.25, 0.3) is 0 Å². The molecule has 1 aromatic carbocycles. The van der Waals surface area contributed by atoms with E-state index >= 15 is 0 Å². The second kappa shape index (κ2) is 4.29. The maximum absolute atomic E-state index is 5.64. The maximum Gasteiger partial charge on any atom is 0.222 e. The van der Waals surface area contributed by atoms with Crippen LogP contribution in [0.1, 0.15) is 11.3 Å². The van der Waals surface area contributed by atoms with Gasteiger partial charge in [-0.1, -0.05) is 36.4 Å². The van der Waals surface area contributed by atoms with Gasteiger partial charge in [0.1, 0.15) is 5.52 Å². The minimum absolute atomic E-state index is 0.224. The molecule has 0 unspecified atom stereocenters. The first kappa shape index (κ1) is 10.5. The summed E-state index contributed by atoms with van der Waals surface area (Å²) in [4.78, 5) is 15.3. The molecule has 18 heavy (non-hydrogen) atoms. The normalized spacial score (nSPS) is 11.3. The van der Waals surface area contributed by atoms with Gasteiger partial charge in [0.2, 0.25) is 5.95 Å². The molecule has 0 atom stereocenters. The number of nitrogens with one attached hydrogen (secondary N) is 1. The van der Waals surface area contributed by atoms with Crippen molar-refractivity contribution in [1.82, 2.24) is 19.9 Å². The fourth-order valence-electron chi connectivity index (χ4n) is 1.73. The maximum atomic E-state index is 5.64. The third-order valence-corrected chi connectivity index (χ3v) is 2.56. The topological polar surface area (TPSA) is 80.5 Å². The van der Waals surface area contributed by atoms with Crippen molar-refractivity contribution >= 4 is 29.3 Å².